The van der Waals surface area contributed by atoms with Gasteiger partial charge in [0.1, 0.15) is 5.69 Å². The molecule has 0 radical (unpaired) electrons. The van der Waals surface area contributed by atoms with Gasteiger partial charge >= 0.3 is 0 Å². The zero-order chi connectivity index (χ0) is 19.0. The first-order valence-corrected chi connectivity index (χ1v) is 9.20. The van der Waals surface area contributed by atoms with E-state index in [0.29, 0.717) is 34.2 Å². The molecule has 138 valence electrons. The number of nitrogen functional groups attached to an aromatic ring is 1. The highest BCUT2D eigenvalue weighted by Gasteiger charge is 2.13. The molecule has 0 aliphatic rings. The van der Waals surface area contributed by atoms with E-state index in [2.05, 4.69) is 25.5 Å². The van der Waals surface area contributed by atoms with Gasteiger partial charge in [-0.15, -0.1) is 5.10 Å². The maximum atomic E-state index is 11.0. The van der Waals surface area contributed by atoms with Crippen LogP contribution in [0.15, 0.2) is 43.0 Å². The summed E-state index contributed by atoms with van der Waals surface area (Å²) in [6.07, 6.45) is 6.93. The van der Waals surface area contributed by atoms with Crippen LogP contribution in [0.1, 0.15) is 5.56 Å². The molecule has 3 heterocycles. The molecule has 0 fully saturated rings. The Labute approximate surface area is 156 Å². The van der Waals surface area contributed by atoms with Gasteiger partial charge in [0.2, 0.25) is 5.95 Å². The molecule has 1 atom stereocenters. The predicted octanol–water partition coefficient (Wildman–Crippen LogP) is 1.57. The Morgan fingerprint density at radius 3 is 2.93 bits per heavy atom. The van der Waals surface area contributed by atoms with Crippen molar-refractivity contribution in [3.63, 3.8) is 0 Å². The van der Waals surface area contributed by atoms with Crippen molar-refractivity contribution in [3.05, 3.63) is 48.5 Å². The first kappa shape index (κ1) is 17.1. The normalized spacial score (nSPS) is 12.4. The highest BCUT2D eigenvalue weighted by atomic mass is 32.2. The fraction of sp³-hybridized carbons (Fsp3) is 0.125. The summed E-state index contributed by atoms with van der Waals surface area (Å²) in [6, 6.07) is 5.13. The molecule has 4 aromatic rings. The van der Waals surface area contributed by atoms with Gasteiger partial charge in [0.05, 0.1) is 11.9 Å². The molecule has 0 aliphatic carbocycles. The molecule has 0 amide bonds. The second-order valence-corrected chi connectivity index (χ2v) is 6.82. The van der Waals surface area contributed by atoms with E-state index < -0.39 is 11.1 Å². The highest BCUT2D eigenvalue weighted by Crippen LogP contribution is 2.24. The van der Waals surface area contributed by atoms with Crippen molar-refractivity contribution in [2.75, 3.05) is 11.1 Å². The number of aryl methyl sites for hydroxylation is 1. The van der Waals surface area contributed by atoms with Crippen molar-refractivity contribution in [3.8, 4) is 11.3 Å². The minimum absolute atomic E-state index is 0.0150. The quantitative estimate of drug-likeness (QED) is 0.348. The lowest BCUT2D eigenvalue weighted by Crippen LogP contribution is -2.00. The van der Waals surface area contributed by atoms with Gasteiger partial charge in [0.15, 0.2) is 16.7 Å². The molecule has 0 spiro atoms. The van der Waals surface area contributed by atoms with Crippen LogP contribution in [0.2, 0.25) is 0 Å². The Hall–Kier alpha value is -3.31. The van der Waals surface area contributed by atoms with Crippen molar-refractivity contribution < 1.29 is 8.76 Å². The van der Waals surface area contributed by atoms with E-state index in [1.807, 2.05) is 13.2 Å². The van der Waals surface area contributed by atoms with E-state index >= 15 is 0 Å². The number of nitrogens with one attached hydrogen (secondary N) is 1. The van der Waals surface area contributed by atoms with Crippen LogP contribution >= 0.6 is 0 Å². The van der Waals surface area contributed by atoms with Gasteiger partial charge in [-0.2, -0.15) is 10.1 Å². The lowest BCUT2D eigenvalue weighted by atomic mass is 10.2. The molecule has 1 aromatic carbocycles. The van der Waals surface area contributed by atoms with Crippen LogP contribution in [0, 0.1) is 0 Å². The lowest BCUT2D eigenvalue weighted by molar-refractivity contribution is 0.563. The van der Waals surface area contributed by atoms with Crippen LogP contribution in [-0.2, 0) is 23.9 Å². The maximum Gasteiger partial charge on any atom is 0.247 e. The SMILES string of the molecule is Cn1cc(-c2nccn3nc(Nc4ccc(CS(=O)O)c(N)c4)nc23)cn1. The summed E-state index contributed by atoms with van der Waals surface area (Å²) in [5, 5.41) is 11.7. The minimum atomic E-state index is -1.94. The standard InChI is InChI=1S/C16H16N8O2S/c1-23-8-11(7-19-23)14-15-21-16(22-24(15)5-4-18-14)20-12-3-2-10(9-27(25)26)13(17)6-12/h2-8H,9,17H2,1H3,(H,20,22)(H,25,26). The first-order valence-electron chi connectivity index (χ1n) is 7.93. The maximum absolute atomic E-state index is 11.0. The molecule has 1 unspecified atom stereocenters. The van der Waals surface area contributed by atoms with Crippen LogP contribution in [0.3, 0.4) is 0 Å². The van der Waals surface area contributed by atoms with E-state index in [0.717, 1.165) is 5.56 Å². The zero-order valence-corrected chi connectivity index (χ0v) is 15.1. The summed E-state index contributed by atoms with van der Waals surface area (Å²) in [5.41, 5.74) is 9.75. The number of anilines is 3. The fourth-order valence-corrected chi connectivity index (χ4v) is 3.21. The average Bonchev–Trinajstić information content (AvgIpc) is 3.22. The molecule has 27 heavy (non-hydrogen) atoms. The summed E-state index contributed by atoms with van der Waals surface area (Å²) in [6.45, 7) is 0. The summed E-state index contributed by atoms with van der Waals surface area (Å²) < 4.78 is 23.3. The van der Waals surface area contributed by atoms with Crippen LogP contribution in [0.5, 0.6) is 0 Å². The Kier molecular flexibility index (Phi) is 4.30. The van der Waals surface area contributed by atoms with Gasteiger partial charge in [-0.3, -0.25) is 9.67 Å². The second kappa shape index (κ2) is 6.78. The van der Waals surface area contributed by atoms with Crippen LogP contribution in [0.4, 0.5) is 17.3 Å². The molecule has 0 saturated heterocycles. The monoisotopic (exact) mass is 384 g/mol. The minimum Gasteiger partial charge on any atom is -0.398 e. The number of hydrogen-bond donors (Lipinski definition) is 3. The molecule has 10 nitrogen and oxygen atoms in total. The number of nitrogens with zero attached hydrogens (tertiary/aromatic N) is 6. The molecule has 11 heteroatoms. The molecule has 0 bridgehead atoms. The second-order valence-electron chi connectivity index (χ2n) is 5.89. The number of aromatic nitrogens is 6. The van der Waals surface area contributed by atoms with E-state index in [9.17, 15) is 4.21 Å². The van der Waals surface area contributed by atoms with E-state index in [4.69, 9.17) is 10.3 Å². The molecular weight excluding hydrogens is 368 g/mol. The molecule has 0 saturated carbocycles. The third kappa shape index (κ3) is 3.50. The van der Waals surface area contributed by atoms with Crippen LogP contribution in [-0.4, -0.2) is 38.1 Å². The molecule has 4 N–H and O–H groups in total. The van der Waals surface area contributed by atoms with Crippen molar-refractivity contribution in [2.45, 2.75) is 5.75 Å². The van der Waals surface area contributed by atoms with Crippen molar-refractivity contribution in [2.24, 2.45) is 7.05 Å². The van der Waals surface area contributed by atoms with Crippen molar-refractivity contribution in [1.29, 1.82) is 0 Å². The Bertz CT molecular complexity index is 1150. The lowest BCUT2D eigenvalue weighted by Gasteiger charge is -2.07. The molecule has 3 aromatic heterocycles. The third-order valence-corrected chi connectivity index (χ3v) is 4.47. The Morgan fingerprint density at radius 1 is 1.37 bits per heavy atom. The molecule has 4 rings (SSSR count). The van der Waals surface area contributed by atoms with E-state index in [1.54, 1.807) is 46.0 Å². The average molecular weight is 384 g/mol. The Morgan fingerprint density at radius 2 is 2.22 bits per heavy atom. The number of rotatable bonds is 5. The van der Waals surface area contributed by atoms with Crippen molar-refractivity contribution in [1.82, 2.24) is 29.4 Å². The van der Waals surface area contributed by atoms with Crippen LogP contribution < -0.4 is 11.1 Å². The summed E-state index contributed by atoms with van der Waals surface area (Å²) >= 11 is -1.94. The third-order valence-electron chi connectivity index (χ3n) is 3.91. The Balaban J connectivity index is 1.65. The van der Waals surface area contributed by atoms with E-state index in [-0.39, 0.29) is 5.75 Å². The summed E-state index contributed by atoms with van der Waals surface area (Å²) in [7, 11) is 1.83. The molecular formula is C16H16N8O2S. The van der Waals surface area contributed by atoms with Gasteiger partial charge < -0.3 is 15.6 Å². The van der Waals surface area contributed by atoms with Gasteiger partial charge in [-0.25, -0.2) is 8.72 Å². The smallest absolute Gasteiger partial charge is 0.247 e. The predicted molar refractivity (Wildman–Crippen MR) is 102 cm³/mol. The number of nitrogens with two attached hydrogens (primary N) is 1. The van der Waals surface area contributed by atoms with Crippen LogP contribution in [0.25, 0.3) is 16.9 Å². The van der Waals surface area contributed by atoms with Gasteiger partial charge in [0, 0.05) is 42.6 Å². The van der Waals surface area contributed by atoms with Gasteiger partial charge in [0.25, 0.3) is 0 Å². The topological polar surface area (TPSA) is 136 Å². The first-order chi connectivity index (χ1) is 13.0. The number of benzene rings is 1. The summed E-state index contributed by atoms with van der Waals surface area (Å²) in [5.74, 6) is 0.366. The summed E-state index contributed by atoms with van der Waals surface area (Å²) in [4.78, 5) is 8.89. The largest absolute Gasteiger partial charge is 0.398 e. The number of hydrogen-bond acceptors (Lipinski definition) is 7. The van der Waals surface area contributed by atoms with Gasteiger partial charge in [-0.1, -0.05) is 6.07 Å². The molecule has 0 aliphatic heterocycles. The van der Waals surface area contributed by atoms with Gasteiger partial charge in [-0.05, 0) is 17.7 Å². The van der Waals surface area contributed by atoms with E-state index in [1.165, 1.54) is 0 Å². The highest BCUT2D eigenvalue weighted by molar-refractivity contribution is 7.78. The zero-order valence-electron chi connectivity index (χ0n) is 14.3. The van der Waals surface area contributed by atoms with Crippen molar-refractivity contribution >= 4 is 34.1 Å². The fourth-order valence-electron chi connectivity index (χ4n) is 2.68. The number of fused-ring (bicyclic) bond motifs is 1.